The van der Waals surface area contributed by atoms with Gasteiger partial charge in [-0.3, -0.25) is 0 Å². The second kappa shape index (κ2) is 3.58. The van der Waals surface area contributed by atoms with Crippen molar-refractivity contribution in [1.82, 2.24) is 10.1 Å². The van der Waals surface area contributed by atoms with Gasteiger partial charge in [0, 0.05) is 17.2 Å². The Morgan fingerprint density at radius 3 is 2.82 bits per heavy atom. The van der Waals surface area contributed by atoms with E-state index < -0.39 is 0 Å². The van der Waals surface area contributed by atoms with Crippen LogP contribution in [0.5, 0.6) is 0 Å². The molecule has 1 saturated carbocycles. The highest BCUT2D eigenvalue weighted by atomic mass is 16.5. The Labute approximate surface area is 99.8 Å². The Balaban J connectivity index is 1.95. The molecule has 3 rings (SSSR count). The highest BCUT2D eigenvalue weighted by Crippen LogP contribution is 2.45. The molecule has 0 aliphatic heterocycles. The fourth-order valence-electron chi connectivity index (χ4n) is 2.10. The van der Waals surface area contributed by atoms with Gasteiger partial charge in [0.2, 0.25) is 0 Å². The molecule has 0 radical (unpaired) electrons. The van der Waals surface area contributed by atoms with Crippen molar-refractivity contribution in [2.75, 3.05) is 5.73 Å². The number of nitrogens with zero attached hydrogens (tertiary/aromatic N) is 2. The summed E-state index contributed by atoms with van der Waals surface area (Å²) in [6, 6.07) is 5.70. The predicted molar refractivity (Wildman–Crippen MR) is 65.4 cm³/mol. The smallest absolute Gasteiger partial charge is 0.258 e. The summed E-state index contributed by atoms with van der Waals surface area (Å²) in [7, 11) is 0. The minimum absolute atomic E-state index is 0.488. The molecule has 1 aromatic carbocycles. The van der Waals surface area contributed by atoms with Gasteiger partial charge < -0.3 is 10.3 Å². The van der Waals surface area contributed by atoms with Gasteiger partial charge in [0.05, 0.1) is 0 Å². The van der Waals surface area contributed by atoms with E-state index in [1.807, 2.05) is 25.1 Å². The van der Waals surface area contributed by atoms with E-state index in [2.05, 4.69) is 17.1 Å². The Morgan fingerprint density at radius 2 is 2.18 bits per heavy atom. The Bertz CT molecular complexity index is 562. The van der Waals surface area contributed by atoms with Gasteiger partial charge in [-0.15, -0.1) is 0 Å². The monoisotopic (exact) mass is 229 g/mol. The highest BCUT2D eigenvalue weighted by molar-refractivity contribution is 5.62. The molecule has 0 saturated heterocycles. The molecule has 88 valence electrons. The number of nitrogen functional groups attached to an aromatic ring is 1. The quantitative estimate of drug-likeness (QED) is 0.804. The van der Waals surface area contributed by atoms with Crippen LogP contribution in [0, 0.1) is 12.8 Å². The van der Waals surface area contributed by atoms with E-state index in [4.69, 9.17) is 10.3 Å². The first-order valence-corrected chi connectivity index (χ1v) is 5.85. The lowest BCUT2D eigenvalue weighted by molar-refractivity contribution is 0.421. The molecule has 0 spiro atoms. The average molecular weight is 229 g/mol. The molecule has 2 aromatic rings. The van der Waals surface area contributed by atoms with Crippen molar-refractivity contribution in [2.24, 2.45) is 5.92 Å². The van der Waals surface area contributed by atoms with Crippen LogP contribution in [0.25, 0.3) is 11.5 Å². The molecule has 0 amide bonds. The van der Waals surface area contributed by atoms with Crippen LogP contribution in [-0.4, -0.2) is 10.1 Å². The number of benzene rings is 1. The number of aryl methyl sites for hydroxylation is 1. The molecule has 2 atom stereocenters. The van der Waals surface area contributed by atoms with E-state index in [-0.39, 0.29) is 0 Å². The molecule has 1 aromatic heterocycles. The summed E-state index contributed by atoms with van der Waals surface area (Å²) in [5.41, 5.74) is 8.50. The normalized spacial score (nSPS) is 22.7. The number of aromatic nitrogens is 2. The molecule has 4 nitrogen and oxygen atoms in total. The third-order valence-electron chi connectivity index (χ3n) is 3.36. The van der Waals surface area contributed by atoms with Gasteiger partial charge in [-0.2, -0.15) is 4.98 Å². The zero-order chi connectivity index (χ0) is 12.0. The second-order valence-electron chi connectivity index (χ2n) is 4.85. The zero-order valence-electron chi connectivity index (χ0n) is 9.97. The summed E-state index contributed by atoms with van der Waals surface area (Å²) in [6.07, 6.45) is 1.17. The molecule has 1 heterocycles. The van der Waals surface area contributed by atoms with Crippen molar-refractivity contribution in [3.05, 3.63) is 29.6 Å². The first-order valence-electron chi connectivity index (χ1n) is 5.85. The van der Waals surface area contributed by atoms with Crippen LogP contribution >= 0.6 is 0 Å². The number of hydrogen-bond donors (Lipinski definition) is 1. The maximum absolute atomic E-state index is 5.72. The van der Waals surface area contributed by atoms with Crippen molar-refractivity contribution in [1.29, 1.82) is 0 Å². The van der Waals surface area contributed by atoms with Crippen molar-refractivity contribution in [3.8, 4) is 11.5 Å². The molecular weight excluding hydrogens is 214 g/mol. The van der Waals surface area contributed by atoms with Gasteiger partial charge in [0.1, 0.15) is 0 Å². The number of hydrogen-bond acceptors (Lipinski definition) is 4. The maximum atomic E-state index is 5.72. The first-order chi connectivity index (χ1) is 8.15. The SMILES string of the molecule is Cc1cc(N)ccc1-c1nc(C2CC2C)no1. The topological polar surface area (TPSA) is 64.9 Å². The van der Waals surface area contributed by atoms with E-state index in [0.29, 0.717) is 17.7 Å². The molecule has 1 aliphatic rings. The first kappa shape index (κ1) is 10.3. The molecule has 2 unspecified atom stereocenters. The van der Waals surface area contributed by atoms with Crippen LogP contribution in [0.4, 0.5) is 5.69 Å². The Kier molecular flexibility index (Phi) is 2.18. The van der Waals surface area contributed by atoms with Crippen LogP contribution < -0.4 is 5.73 Å². The molecule has 4 heteroatoms. The summed E-state index contributed by atoms with van der Waals surface area (Å²) in [5.74, 6) is 2.61. The van der Waals surface area contributed by atoms with Crippen molar-refractivity contribution in [2.45, 2.75) is 26.2 Å². The molecule has 1 aliphatic carbocycles. The van der Waals surface area contributed by atoms with Gasteiger partial charge in [-0.1, -0.05) is 12.1 Å². The second-order valence-corrected chi connectivity index (χ2v) is 4.85. The molecule has 17 heavy (non-hydrogen) atoms. The summed E-state index contributed by atoms with van der Waals surface area (Å²) < 4.78 is 5.32. The number of nitrogens with two attached hydrogens (primary N) is 1. The van der Waals surface area contributed by atoms with Crippen molar-refractivity contribution >= 4 is 5.69 Å². The van der Waals surface area contributed by atoms with Crippen LogP contribution in [0.2, 0.25) is 0 Å². The lowest BCUT2D eigenvalue weighted by atomic mass is 10.1. The molecule has 2 N–H and O–H groups in total. The third kappa shape index (κ3) is 1.79. The fourth-order valence-corrected chi connectivity index (χ4v) is 2.10. The largest absolute Gasteiger partial charge is 0.399 e. The van der Waals surface area contributed by atoms with E-state index in [9.17, 15) is 0 Å². The van der Waals surface area contributed by atoms with Crippen LogP contribution in [0.3, 0.4) is 0 Å². The van der Waals surface area contributed by atoms with E-state index in [1.54, 1.807) is 0 Å². The summed E-state index contributed by atoms with van der Waals surface area (Å²) in [6.45, 7) is 4.20. The maximum Gasteiger partial charge on any atom is 0.258 e. The van der Waals surface area contributed by atoms with Crippen molar-refractivity contribution in [3.63, 3.8) is 0 Å². The van der Waals surface area contributed by atoms with Crippen LogP contribution in [-0.2, 0) is 0 Å². The fraction of sp³-hybridized carbons (Fsp3) is 0.385. The van der Waals surface area contributed by atoms with E-state index in [1.165, 1.54) is 6.42 Å². The van der Waals surface area contributed by atoms with Gasteiger partial charge in [0.25, 0.3) is 5.89 Å². The van der Waals surface area contributed by atoms with E-state index in [0.717, 1.165) is 22.6 Å². The Hall–Kier alpha value is -1.84. The van der Waals surface area contributed by atoms with Gasteiger partial charge >= 0.3 is 0 Å². The van der Waals surface area contributed by atoms with Crippen LogP contribution in [0.1, 0.15) is 30.7 Å². The molecule has 1 fully saturated rings. The summed E-state index contributed by atoms with van der Waals surface area (Å²) in [5, 5.41) is 4.05. The number of rotatable bonds is 2. The average Bonchev–Trinajstić information content (AvgIpc) is 2.83. The minimum Gasteiger partial charge on any atom is -0.399 e. The van der Waals surface area contributed by atoms with Gasteiger partial charge in [-0.05, 0) is 43.0 Å². The lowest BCUT2D eigenvalue weighted by Crippen LogP contribution is -1.89. The van der Waals surface area contributed by atoms with Crippen LogP contribution in [0.15, 0.2) is 22.7 Å². The van der Waals surface area contributed by atoms with E-state index >= 15 is 0 Å². The molecular formula is C13H15N3O. The highest BCUT2D eigenvalue weighted by Gasteiger charge is 2.38. The van der Waals surface area contributed by atoms with Crippen molar-refractivity contribution < 1.29 is 4.52 Å². The minimum atomic E-state index is 0.488. The summed E-state index contributed by atoms with van der Waals surface area (Å²) >= 11 is 0. The lowest BCUT2D eigenvalue weighted by Gasteiger charge is -2.01. The van der Waals surface area contributed by atoms with Gasteiger partial charge in [-0.25, -0.2) is 0 Å². The summed E-state index contributed by atoms with van der Waals surface area (Å²) in [4.78, 5) is 4.46. The predicted octanol–water partition coefficient (Wildman–Crippen LogP) is 2.75. The van der Waals surface area contributed by atoms with Gasteiger partial charge in [0.15, 0.2) is 5.82 Å². The number of anilines is 1. The zero-order valence-corrected chi connectivity index (χ0v) is 9.97. The third-order valence-corrected chi connectivity index (χ3v) is 3.36. The molecule has 0 bridgehead atoms. The standard InChI is InChI=1S/C13H15N3O/c1-7-5-9(14)3-4-10(7)13-15-12(16-17-13)11-6-8(11)2/h3-5,8,11H,6,14H2,1-2H3. The Morgan fingerprint density at radius 1 is 1.41 bits per heavy atom.